The normalized spacial score (nSPS) is 15.3. The lowest BCUT2D eigenvalue weighted by Crippen LogP contribution is -2.33. The lowest BCUT2D eigenvalue weighted by Gasteiger charge is -2.26. The number of para-hydroxylation sites is 1. The zero-order valence-electron chi connectivity index (χ0n) is 20.3. The van der Waals surface area contributed by atoms with Crippen LogP contribution in [0.15, 0.2) is 66.7 Å². The van der Waals surface area contributed by atoms with Crippen LogP contribution >= 0.6 is 0 Å². The van der Waals surface area contributed by atoms with Crippen LogP contribution in [0, 0.1) is 0 Å². The van der Waals surface area contributed by atoms with Crippen molar-refractivity contribution in [2.45, 2.75) is 32.4 Å². The van der Waals surface area contributed by atoms with E-state index in [1.54, 1.807) is 7.11 Å². The monoisotopic (exact) mass is 468 g/mol. The average molecular weight is 469 g/mol. The lowest BCUT2D eigenvalue weighted by atomic mass is 10.0. The van der Waals surface area contributed by atoms with Crippen molar-refractivity contribution in [2.24, 2.45) is 0 Å². The van der Waals surface area contributed by atoms with Gasteiger partial charge in [0.05, 0.1) is 12.8 Å². The molecule has 1 fully saturated rings. The van der Waals surface area contributed by atoms with Crippen LogP contribution in [0.25, 0.3) is 22.2 Å². The predicted octanol–water partition coefficient (Wildman–Crippen LogP) is 6.12. The van der Waals surface area contributed by atoms with Gasteiger partial charge in [-0.05, 0) is 74.0 Å². The first-order valence-corrected chi connectivity index (χ1v) is 12.7. The molecular weight excluding hydrogens is 436 g/mol. The second kappa shape index (κ2) is 9.67. The van der Waals surface area contributed by atoms with Gasteiger partial charge in [0, 0.05) is 35.1 Å². The molecule has 0 radical (unpaired) electrons. The molecule has 5 nitrogen and oxygen atoms in total. The standard InChI is InChI=1S/C30H32N2O3/c1-33-24-13-14-28-26(19-24)27-21-35-29-8-4-3-7-25(29)30(27)32(28)20-22-9-11-23(12-10-22)34-18-17-31-15-5-2-6-16-31/h3-4,7-14,19H,2,5-6,15-18,20-21H2,1H3. The summed E-state index contributed by atoms with van der Waals surface area (Å²) in [5, 5.41) is 1.19. The largest absolute Gasteiger partial charge is 0.497 e. The van der Waals surface area contributed by atoms with Gasteiger partial charge in [0.1, 0.15) is 30.5 Å². The molecule has 0 aliphatic carbocycles. The summed E-state index contributed by atoms with van der Waals surface area (Å²) in [6.07, 6.45) is 4.00. The fraction of sp³-hybridized carbons (Fsp3) is 0.333. The molecule has 1 saturated heterocycles. The molecular formula is C30H32N2O3. The molecule has 4 aromatic rings. The summed E-state index contributed by atoms with van der Waals surface area (Å²) in [4.78, 5) is 2.51. The van der Waals surface area contributed by atoms with Gasteiger partial charge in [-0.3, -0.25) is 4.90 Å². The molecule has 0 atom stereocenters. The highest BCUT2D eigenvalue weighted by Crippen LogP contribution is 2.43. The van der Waals surface area contributed by atoms with E-state index in [4.69, 9.17) is 14.2 Å². The number of likely N-dealkylation sites (tertiary alicyclic amines) is 1. The minimum absolute atomic E-state index is 0.562. The summed E-state index contributed by atoms with van der Waals surface area (Å²) in [7, 11) is 1.71. The van der Waals surface area contributed by atoms with Crippen molar-refractivity contribution in [3.05, 3.63) is 77.9 Å². The van der Waals surface area contributed by atoms with E-state index in [1.165, 1.54) is 60.1 Å². The van der Waals surface area contributed by atoms with Gasteiger partial charge in [0.25, 0.3) is 0 Å². The molecule has 1 aromatic heterocycles. The maximum Gasteiger partial charge on any atom is 0.129 e. The van der Waals surface area contributed by atoms with E-state index in [0.717, 1.165) is 42.5 Å². The molecule has 0 unspecified atom stereocenters. The van der Waals surface area contributed by atoms with Crippen LogP contribution in [-0.4, -0.2) is 42.8 Å². The van der Waals surface area contributed by atoms with E-state index in [0.29, 0.717) is 6.61 Å². The van der Waals surface area contributed by atoms with Crippen LogP contribution in [0.1, 0.15) is 30.4 Å². The van der Waals surface area contributed by atoms with Crippen LogP contribution in [0.5, 0.6) is 17.2 Å². The van der Waals surface area contributed by atoms with Crippen molar-refractivity contribution >= 4 is 10.9 Å². The number of benzene rings is 3. The second-order valence-electron chi connectivity index (χ2n) is 9.48. The third-order valence-electron chi connectivity index (χ3n) is 7.28. The highest BCUT2D eigenvalue weighted by atomic mass is 16.5. The molecule has 2 aliphatic heterocycles. The van der Waals surface area contributed by atoms with E-state index >= 15 is 0 Å². The van der Waals surface area contributed by atoms with Crippen molar-refractivity contribution < 1.29 is 14.2 Å². The molecule has 0 spiro atoms. The van der Waals surface area contributed by atoms with Crippen LogP contribution < -0.4 is 14.2 Å². The highest BCUT2D eigenvalue weighted by Gasteiger charge is 2.25. The minimum atomic E-state index is 0.562. The molecule has 0 N–H and O–H groups in total. The van der Waals surface area contributed by atoms with Gasteiger partial charge in [-0.2, -0.15) is 0 Å². The van der Waals surface area contributed by atoms with Gasteiger partial charge in [0.15, 0.2) is 0 Å². The number of fused-ring (bicyclic) bond motifs is 5. The molecule has 3 aromatic carbocycles. The Morgan fingerprint density at radius 1 is 0.886 bits per heavy atom. The summed E-state index contributed by atoms with van der Waals surface area (Å²) in [6, 6.07) is 23.2. The van der Waals surface area contributed by atoms with Gasteiger partial charge in [-0.25, -0.2) is 0 Å². The number of hydrogen-bond acceptors (Lipinski definition) is 4. The lowest BCUT2D eigenvalue weighted by molar-refractivity contribution is 0.183. The van der Waals surface area contributed by atoms with Crippen LogP contribution in [-0.2, 0) is 13.2 Å². The van der Waals surface area contributed by atoms with E-state index in [9.17, 15) is 0 Å². The summed E-state index contributed by atoms with van der Waals surface area (Å²) in [5.41, 5.74) is 6.03. The first kappa shape index (κ1) is 22.1. The van der Waals surface area contributed by atoms with Crippen molar-refractivity contribution in [2.75, 3.05) is 33.4 Å². The molecule has 2 aliphatic rings. The Morgan fingerprint density at radius 2 is 1.69 bits per heavy atom. The number of aromatic nitrogens is 1. The molecule has 180 valence electrons. The molecule has 5 heteroatoms. The molecule has 0 amide bonds. The molecule has 35 heavy (non-hydrogen) atoms. The van der Waals surface area contributed by atoms with E-state index in [-0.39, 0.29) is 0 Å². The topological polar surface area (TPSA) is 35.9 Å². The van der Waals surface area contributed by atoms with Gasteiger partial charge < -0.3 is 18.8 Å². The van der Waals surface area contributed by atoms with Gasteiger partial charge in [-0.1, -0.05) is 30.7 Å². The maximum absolute atomic E-state index is 6.12. The Bertz CT molecular complexity index is 1320. The Morgan fingerprint density at radius 3 is 2.51 bits per heavy atom. The van der Waals surface area contributed by atoms with E-state index in [2.05, 4.69) is 64.1 Å². The van der Waals surface area contributed by atoms with Crippen molar-refractivity contribution in [1.82, 2.24) is 9.47 Å². The highest BCUT2D eigenvalue weighted by molar-refractivity contribution is 5.94. The Hall–Kier alpha value is -3.44. The SMILES string of the molecule is COc1ccc2c(c1)c1c(n2Cc2ccc(OCCN3CCCCC3)cc2)-c2ccccc2OC1. The van der Waals surface area contributed by atoms with Crippen LogP contribution in [0.3, 0.4) is 0 Å². The third kappa shape index (κ3) is 4.37. The number of piperidine rings is 1. The number of hydrogen-bond donors (Lipinski definition) is 0. The molecule has 6 rings (SSSR count). The van der Waals surface area contributed by atoms with E-state index in [1.807, 2.05) is 12.1 Å². The summed E-state index contributed by atoms with van der Waals surface area (Å²) < 4.78 is 20.1. The number of ether oxygens (including phenoxy) is 3. The fourth-order valence-corrected chi connectivity index (χ4v) is 5.44. The summed E-state index contributed by atoms with van der Waals surface area (Å²) in [5.74, 6) is 2.74. The first-order valence-electron chi connectivity index (χ1n) is 12.7. The second-order valence-corrected chi connectivity index (χ2v) is 9.48. The molecule has 0 bridgehead atoms. The molecule has 0 saturated carbocycles. The Balaban J connectivity index is 1.26. The van der Waals surface area contributed by atoms with Crippen molar-refractivity contribution in [3.8, 4) is 28.5 Å². The van der Waals surface area contributed by atoms with Gasteiger partial charge >= 0.3 is 0 Å². The minimum Gasteiger partial charge on any atom is -0.497 e. The number of rotatable bonds is 7. The predicted molar refractivity (Wildman–Crippen MR) is 140 cm³/mol. The van der Waals surface area contributed by atoms with E-state index < -0.39 is 0 Å². The average Bonchev–Trinajstić information content (AvgIpc) is 3.23. The smallest absolute Gasteiger partial charge is 0.129 e. The maximum atomic E-state index is 6.12. The zero-order valence-corrected chi connectivity index (χ0v) is 20.3. The Labute approximate surface area is 206 Å². The molecule has 3 heterocycles. The van der Waals surface area contributed by atoms with Crippen molar-refractivity contribution in [1.29, 1.82) is 0 Å². The quantitative estimate of drug-likeness (QED) is 0.327. The summed E-state index contributed by atoms with van der Waals surface area (Å²) in [6.45, 7) is 5.50. The fourth-order valence-electron chi connectivity index (χ4n) is 5.44. The van der Waals surface area contributed by atoms with Gasteiger partial charge in [-0.15, -0.1) is 0 Å². The van der Waals surface area contributed by atoms with Crippen molar-refractivity contribution in [3.63, 3.8) is 0 Å². The Kier molecular flexibility index (Phi) is 6.09. The van der Waals surface area contributed by atoms with Crippen LogP contribution in [0.2, 0.25) is 0 Å². The van der Waals surface area contributed by atoms with Crippen LogP contribution in [0.4, 0.5) is 0 Å². The first-order chi connectivity index (χ1) is 17.3. The van der Waals surface area contributed by atoms with Gasteiger partial charge in [0.2, 0.25) is 0 Å². The number of nitrogens with zero attached hydrogens (tertiary/aromatic N) is 2. The summed E-state index contributed by atoms with van der Waals surface area (Å²) >= 11 is 0. The number of methoxy groups -OCH3 is 1. The zero-order chi connectivity index (χ0) is 23.6. The third-order valence-corrected chi connectivity index (χ3v) is 7.28.